The van der Waals surface area contributed by atoms with Crippen LogP contribution >= 0.6 is 0 Å². The standard InChI is InChI=1S/C16H27N5O2/c1-12(19(2)13-7-8-13)10-17-15(22)11-21-16(23)20-9-5-3-4-6-14(20)18-21/h12-13H,3-11H2,1-2H3,(H,17,22). The van der Waals surface area contributed by atoms with E-state index in [4.69, 9.17) is 0 Å². The molecule has 1 aliphatic carbocycles. The highest BCUT2D eigenvalue weighted by atomic mass is 16.2. The smallest absolute Gasteiger partial charge is 0.346 e. The van der Waals surface area contributed by atoms with Crippen LogP contribution in [-0.2, 0) is 24.3 Å². The minimum atomic E-state index is -0.153. The highest BCUT2D eigenvalue weighted by Crippen LogP contribution is 2.26. The average Bonchev–Trinajstić information content (AvgIpc) is 3.35. The second kappa shape index (κ2) is 6.86. The van der Waals surface area contributed by atoms with E-state index in [-0.39, 0.29) is 18.1 Å². The molecule has 1 fully saturated rings. The van der Waals surface area contributed by atoms with Crippen molar-refractivity contribution in [3.8, 4) is 0 Å². The molecule has 128 valence electrons. The van der Waals surface area contributed by atoms with Crippen LogP contribution in [0, 0.1) is 0 Å². The summed E-state index contributed by atoms with van der Waals surface area (Å²) in [6.45, 7) is 3.45. The third kappa shape index (κ3) is 3.83. The van der Waals surface area contributed by atoms with Crippen molar-refractivity contribution in [3.63, 3.8) is 0 Å². The third-order valence-corrected chi connectivity index (χ3v) is 4.99. The molecule has 1 amide bonds. The number of aromatic nitrogens is 3. The first kappa shape index (κ1) is 16.2. The van der Waals surface area contributed by atoms with Gasteiger partial charge in [0.1, 0.15) is 12.4 Å². The lowest BCUT2D eigenvalue weighted by molar-refractivity contribution is -0.122. The third-order valence-electron chi connectivity index (χ3n) is 4.99. The first-order valence-electron chi connectivity index (χ1n) is 8.71. The number of hydrogen-bond donors (Lipinski definition) is 1. The van der Waals surface area contributed by atoms with Crippen molar-refractivity contribution < 1.29 is 4.79 Å². The number of hydrogen-bond acceptors (Lipinski definition) is 4. The monoisotopic (exact) mass is 321 g/mol. The van der Waals surface area contributed by atoms with Crippen LogP contribution in [-0.4, -0.2) is 50.8 Å². The minimum Gasteiger partial charge on any atom is -0.353 e. The van der Waals surface area contributed by atoms with Gasteiger partial charge in [-0.2, -0.15) is 5.10 Å². The van der Waals surface area contributed by atoms with Gasteiger partial charge in [0, 0.05) is 31.6 Å². The van der Waals surface area contributed by atoms with Crippen molar-refractivity contribution in [2.75, 3.05) is 13.6 Å². The summed E-state index contributed by atoms with van der Waals surface area (Å²) in [5.41, 5.74) is -0.153. The van der Waals surface area contributed by atoms with Crippen molar-refractivity contribution >= 4 is 5.91 Å². The Morgan fingerprint density at radius 2 is 2.17 bits per heavy atom. The zero-order chi connectivity index (χ0) is 16.4. The summed E-state index contributed by atoms with van der Waals surface area (Å²) < 4.78 is 3.04. The van der Waals surface area contributed by atoms with E-state index in [2.05, 4.69) is 29.3 Å². The highest BCUT2D eigenvalue weighted by molar-refractivity contribution is 5.75. The second-order valence-corrected chi connectivity index (χ2v) is 6.87. The van der Waals surface area contributed by atoms with E-state index in [9.17, 15) is 9.59 Å². The molecule has 0 bridgehead atoms. The van der Waals surface area contributed by atoms with Gasteiger partial charge in [-0.1, -0.05) is 6.42 Å². The SMILES string of the molecule is CC(CNC(=O)Cn1nc2n(c1=O)CCCCC2)N(C)C1CC1. The van der Waals surface area contributed by atoms with Crippen molar-refractivity contribution in [2.45, 2.75) is 70.6 Å². The Hall–Kier alpha value is -1.63. The maximum absolute atomic E-state index is 12.3. The van der Waals surface area contributed by atoms with Crippen LogP contribution in [0.5, 0.6) is 0 Å². The van der Waals surface area contributed by atoms with E-state index in [1.807, 2.05) is 0 Å². The summed E-state index contributed by atoms with van der Waals surface area (Å²) in [7, 11) is 2.10. The molecule has 1 unspecified atom stereocenters. The molecule has 7 heteroatoms. The van der Waals surface area contributed by atoms with Gasteiger partial charge < -0.3 is 5.32 Å². The second-order valence-electron chi connectivity index (χ2n) is 6.87. The zero-order valence-corrected chi connectivity index (χ0v) is 14.1. The first-order chi connectivity index (χ1) is 11.1. The number of carbonyl (C=O) groups excluding carboxylic acids is 1. The van der Waals surface area contributed by atoms with E-state index in [1.165, 1.54) is 17.5 Å². The fourth-order valence-corrected chi connectivity index (χ4v) is 3.17. The Morgan fingerprint density at radius 3 is 2.91 bits per heavy atom. The van der Waals surface area contributed by atoms with Gasteiger partial charge in [-0.25, -0.2) is 9.48 Å². The predicted molar refractivity (Wildman–Crippen MR) is 87.3 cm³/mol. The van der Waals surface area contributed by atoms with Crippen LogP contribution in [0.4, 0.5) is 0 Å². The Kier molecular flexibility index (Phi) is 4.84. The molecular formula is C16H27N5O2. The fraction of sp³-hybridized carbons (Fsp3) is 0.812. The van der Waals surface area contributed by atoms with E-state index in [1.54, 1.807) is 4.57 Å². The molecule has 1 aromatic heterocycles. The Bertz CT molecular complexity index is 616. The van der Waals surface area contributed by atoms with Crippen LogP contribution in [0.3, 0.4) is 0 Å². The largest absolute Gasteiger partial charge is 0.353 e. The van der Waals surface area contributed by atoms with Gasteiger partial charge in [-0.3, -0.25) is 14.3 Å². The molecule has 0 radical (unpaired) electrons. The molecule has 1 saturated carbocycles. The van der Waals surface area contributed by atoms with Crippen molar-refractivity contribution in [3.05, 3.63) is 16.3 Å². The van der Waals surface area contributed by atoms with Gasteiger partial charge >= 0.3 is 5.69 Å². The summed E-state index contributed by atoms with van der Waals surface area (Å²) in [6.07, 6.45) is 6.54. The molecule has 1 atom stereocenters. The number of rotatable bonds is 6. The van der Waals surface area contributed by atoms with Crippen LogP contribution in [0.25, 0.3) is 0 Å². The van der Waals surface area contributed by atoms with Gasteiger partial charge in [0.05, 0.1) is 0 Å². The molecule has 0 aromatic carbocycles. The molecule has 23 heavy (non-hydrogen) atoms. The quantitative estimate of drug-likeness (QED) is 0.822. The lowest BCUT2D eigenvalue weighted by atomic mass is 10.2. The molecule has 7 nitrogen and oxygen atoms in total. The highest BCUT2D eigenvalue weighted by Gasteiger charge is 2.29. The van der Waals surface area contributed by atoms with Gasteiger partial charge in [0.15, 0.2) is 0 Å². The summed E-state index contributed by atoms with van der Waals surface area (Å²) in [5, 5.41) is 7.27. The molecule has 1 aliphatic heterocycles. The number of aryl methyl sites for hydroxylation is 1. The van der Waals surface area contributed by atoms with Gasteiger partial charge in [-0.05, 0) is 39.7 Å². The number of carbonyl (C=O) groups is 1. The molecule has 0 saturated heterocycles. The normalized spacial score (nSPS) is 19.3. The summed E-state index contributed by atoms with van der Waals surface area (Å²) in [4.78, 5) is 26.8. The Labute approximate surface area is 136 Å². The molecule has 2 heterocycles. The van der Waals surface area contributed by atoms with Gasteiger partial charge in [0.25, 0.3) is 0 Å². The summed E-state index contributed by atoms with van der Waals surface area (Å²) in [6, 6.07) is 0.982. The van der Waals surface area contributed by atoms with E-state index in [0.29, 0.717) is 18.6 Å². The molecule has 2 aliphatic rings. The number of amides is 1. The predicted octanol–water partition coefficient (Wildman–Crippen LogP) is 0.370. The lowest BCUT2D eigenvalue weighted by Gasteiger charge is -2.24. The molecule has 1 aromatic rings. The van der Waals surface area contributed by atoms with E-state index < -0.39 is 0 Å². The number of fused-ring (bicyclic) bond motifs is 1. The molecular weight excluding hydrogens is 294 g/mol. The van der Waals surface area contributed by atoms with Gasteiger partial charge in [-0.15, -0.1) is 0 Å². The number of likely N-dealkylation sites (N-methyl/N-ethyl adjacent to an activating group) is 1. The summed E-state index contributed by atoms with van der Waals surface area (Å²) >= 11 is 0. The van der Waals surface area contributed by atoms with Crippen molar-refractivity contribution in [1.82, 2.24) is 24.6 Å². The first-order valence-corrected chi connectivity index (χ1v) is 8.71. The van der Waals surface area contributed by atoms with E-state index >= 15 is 0 Å². The zero-order valence-electron chi connectivity index (χ0n) is 14.1. The topological polar surface area (TPSA) is 72.2 Å². The molecule has 3 rings (SSSR count). The Balaban J connectivity index is 1.54. The maximum atomic E-state index is 12.3. The van der Waals surface area contributed by atoms with Crippen LogP contribution in [0.1, 0.15) is 44.9 Å². The van der Waals surface area contributed by atoms with Crippen molar-refractivity contribution in [2.24, 2.45) is 0 Å². The number of nitrogens with zero attached hydrogens (tertiary/aromatic N) is 4. The average molecular weight is 321 g/mol. The maximum Gasteiger partial charge on any atom is 0.346 e. The van der Waals surface area contributed by atoms with Crippen molar-refractivity contribution in [1.29, 1.82) is 0 Å². The minimum absolute atomic E-state index is 0.0126. The van der Waals surface area contributed by atoms with Gasteiger partial charge in [0.2, 0.25) is 5.91 Å². The molecule has 1 N–H and O–H groups in total. The Morgan fingerprint density at radius 1 is 1.39 bits per heavy atom. The van der Waals surface area contributed by atoms with Crippen LogP contribution in [0.15, 0.2) is 4.79 Å². The van der Waals surface area contributed by atoms with E-state index in [0.717, 1.165) is 38.1 Å². The lowest BCUT2D eigenvalue weighted by Crippen LogP contribution is -2.42. The number of nitrogens with one attached hydrogen (secondary N) is 1. The fourth-order valence-electron chi connectivity index (χ4n) is 3.17. The van der Waals surface area contributed by atoms with Crippen LogP contribution < -0.4 is 11.0 Å². The molecule has 0 spiro atoms. The summed E-state index contributed by atoms with van der Waals surface area (Å²) in [5.74, 6) is 0.679. The van der Waals surface area contributed by atoms with Crippen LogP contribution in [0.2, 0.25) is 0 Å².